The normalized spacial score (nSPS) is 15.4. The fourth-order valence-corrected chi connectivity index (χ4v) is 1.57. The van der Waals surface area contributed by atoms with Gasteiger partial charge >= 0.3 is 51.2 Å². The van der Waals surface area contributed by atoms with E-state index < -0.39 is 51.2 Å². The van der Waals surface area contributed by atoms with Crippen LogP contribution in [0.3, 0.4) is 0 Å². The smallest absolute Gasteiger partial charge is 0.327 e. The van der Waals surface area contributed by atoms with E-state index in [0.29, 0.717) is 6.54 Å². The fraction of sp³-hybridized carbons (Fsp3) is 0.800. The average molecular weight is 507 g/mol. The van der Waals surface area contributed by atoms with Gasteiger partial charge in [-0.25, -0.2) is 0 Å². The summed E-state index contributed by atoms with van der Waals surface area (Å²) in [5.41, 5.74) is 4.91. The second-order valence-electron chi connectivity index (χ2n) is 4.89. The highest BCUT2D eigenvalue weighted by molar-refractivity contribution is 7.87. The van der Waals surface area contributed by atoms with E-state index in [-0.39, 0.29) is 0 Å². The molecule has 4 nitrogen and oxygen atoms in total. The van der Waals surface area contributed by atoms with E-state index in [0.717, 1.165) is 0 Å². The highest BCUT2D eigenvalue weighted by Crippen LogP contribution is 2.62. The van der Waals surface area contributed by atoms with Gasteiger partial charge in [-0.3, -0.25) is 4.55 Å². The summed E-state index contributed by atoms with van der Waals surface area (Å²) < 4.78 is 215. The molecule has 0 atom stereocenters. The van der Waals surface area contributed by atoms with E-state index in [1.807, 2.05) is 0 Å². The molecule has 0 spiro atoms. The zero-order chi connectivity index (χ0) is 25.4. The van der Waals surface area contributed by atoms with Crippen LogP contribution in [0.15, 0.2) is 12.7 Å². The standard InChI is InChI=1S/C7HF15O3S.C3H7N/c8-1(9,2(10,11)4(14,15)6(18,19)20)3(12,13)5(16,17)7(21,22)26(23,24)25;1-2-3-4/h(H,23,24,25);2H,1,3-4H2. The third-order valence-electron chi connectivity index (χ3n) is 2.79. The van der Waals surface area contributed by atoms with Crippen molar-refractivity contribution in [1.29, 1.82) is 0 Å². The molecule has 0 aromatic carbocycles. The molecule has 182 valence electrons. The van der Waals surface area contributed by atoms with E-state index >= 15 is 0 Å². The molecular formula is C10H8F15NO3S. The van der Waals surface area contributed by atoms with E-state index in [4.69, 9.17) is 10.3 Å². The molecule has 0 amide bonds. The number of alkyl halides is 15. The first-order valence-electron chi connectivity index (χ1n) is 6.28. The lowest BCUT2D eigenvalue weighted by Crippen LogP contribution is -2.73. The summed E-state index contributed by atoms with van der Waals surface area (Å²) in [6, 6.07) is 0. The molecule has 30 heavy (non-hydrogen) atoms. The summed E-state index contributed by atoms with van der Waals surface area (Å²) in [5.74, 6) is -42.0. The molecular weight excluding hydrogens is 499 g/mol. The van der Waals surface area contributed by atoms with Gasteiger partial charge in [0.1, 0.15) is 0 Å². The maximum Gasteiger partial charge on any atom is 0.460 e. The molecule has 0 unspecified atom stereocenters. The van der Waals surface area contributed by atoms with Crippen molar-refractivity contribution in [1.82, 2.24) is 0 Å². The molecule has 0 rings (SSSR count). The first-order chi connectivity index (χ1) is 12.7. The Balaban J connectivity index is 0. The van der Waals surface area contributed by atoms with Crippen molar-refractivity contribution in [2.45, 2.75) is 41.0 Å². The van der Waals surface area contributed by atoms with Crippen molar-refractivity contribution in [3.05, 3.63) is 12.7 Å². The van der Waals surface area contributed by atoms with E-state index in [2.05, 4.69) is 6.58 Å². The number of hydrogen-bond donors (Lipinski definition) is 2. The number of rotatable bonds is 7. The molecule has 0 aliphatic heterocycles. The highest BCUT2D eigenvalue weighted by Gasteiger charge is 2.94. The molecule has 0 saturated heterocycles. The molecule has 0 radical (unpaired) electrons. The van der Waals surface area contributed by atoms with Gasteiger partial charge in [0.05, 0.1) is 0 Å². The quantitative estimate of drug-likeness (QED) is 0.306. The van der Waals surface area contributed by atoms with Gasteiger partial charge < -0.3 is 5.73 Å². The highest BCUT2D eigenvalue weighted by atomic mass is 32.2. The second kappa shape index (κ2) is 8.24. The molecule has 0 aliphatic rings. The van der Waals surface area contributed by atoms with Crippen LogP contribution >= 0.6 is 0 Å². The van der Waals surface area contributed by atoms with Crippen molar-refractivity contribution in [3.8, 4) is 0 Å². The fourth-order valence-electron chi connectivity index (χ4n) is 1.11. The van der Waals surface area contributed by atoms with Crippen LogP contribution in [-0.4, -0.2) is 60.6 Å². The Morgan fingerprint density at radius 3 is 1.10 bits per heavy atom. The third-order valence-corrected chi connectivity index (χ3v) is 3.69. The summed E-state index contributed by atoms with van der Waals surface area (Å²) in [4.78, 5) is 0. The maximum absolute atomic E-state index is 12.9. The van der Waals surface area contributed by atoms with Gasteiger partial charge in [-0.15, -0.1) is 6.58 Å². The molecule has 0 bridgehead atoms. The third kappa shape index (κ3) is 4.43. The average Bonchev–Trinajstić information content (AvgIpc) is 2.51. The molecule has 0 saturated carbocycles. The monoisotopic (exact) mass is 507 g/mol. The van der Waals surface area contributed by atoms with Crippen LogP contribution in [0, 0.1) is 0 Å². The Bertz CT molecular complexity index is 713. The zero-order valence-electron chi connectivity index (χ0n) is 13.4. The van der Waals surface area contributed by atoms with Gasteiger partial charge in [-0.05, 0) is 0 Å². The molecule has 3 N–H and O–H groups in total. The molecule has 0 fully saturated rings. The van der Waals surface area contributed by atoms with Gasteiger partial charge in [-0.1, -0.05) is 6.08 Å². The summed E-state index contributed by atoms with van der Waals surface area (Å²) in [6.07, 6.45) is -6.10. The Morgan fingerprint density at radius 2 is 0.900 bits per heavy atom. The minimum atomic E-state index is -8.60. The van der Waals surface area contributed by atoms with Crippen LogP contribution in [0.1, 0.15) is 0 Å². The predicted octanol–water partition coefficient (Wildman–Crippen LogP) is 4.34. The topological polar surface area (TPSA) is 80.4 Å². The summed E-state index contributed by atoms with van der Waals surface area (Å²) >= 11 is 0. The largest absolute Gasteiger partial charge is 0.460 e. The first-order valence-corrected chi connectivity index (χ1v) is 7.72. The van der Waals surface area contributed by atoms with Gasteiger partial charge in [0.2, 0.25) is 0 Å². The molecule has 0 aromatic heterocycles. The van der Waals surface area contributed by atoms with Crippen LogP contribution in [0.25, 0.3) is 0 Å². The molecule has 0 aromatic rings. The van der Waals surface area contributed by atoms with E-state index in [1.54, 1.807) is 6.08 Å². The van der Waals surface area contributed by atoms with E-state index in [1.165, 1.54) is 0 Å². The minimum Gasteiger partial charge on any atom is -0.327 e. The van der Waals surface area contributed by atoms with Gasteiger partial charge in [0.25, 0.3) is 0 Å². The van der Waals surface area contributed by atoms with Crippen molar-refractivity contribution in [2.24, 2.45) is 5.73 Å². The summed E-state index contributed by atoms with van der Waals surface area (Å²) in [5, 5.41) is -7.70. The van der Waals surface area contributed by atoms with Crippen LogP contribution in [0.2, 0.25) is 0 Å². The van der Waals surface area contributed by atoms with Crippen LogP contribution in [-0.2, 0) is 10.1 Å². The summed E-state index contributed by atoms with van der Waals surface area (Å²) in [6.45, 7) is 3.94. The predicted molar refractivity (Wildman–Crippen MR) is 66.5 cm³/mol. The number of hydrogen-bond acceptors (Lipinski definition) is 3. The van der Waals surface area contributed by atoms with Crippen LogP contribution in [0.5, 0.6) is 0 Å². The first kappa shape index (κ1) is 30.8. The number of nitrogens with two attached hydrogens (primary N) is 1. The van der Waals surface area contributed by atoms with Crippen LogP contribution < -0.4 is 5.73 Å². The van der Waals surface area contributed by atoms with Gasteiger partial charge in [0.15, 0.2) is 0 Å². The Morgan fingerprint density at radius 1 is 0.667 bits per heavy atom. The lowest BCUT2D eigenvalue weighted by molar-refractivity contribution is -0.448. The summed E-state index contributed by atoms with van der Waals surface area (Å²) in [7, 11) is -7.76. The lowest BCUT2D eigenvalue weighted by Gasteiger charge is -2.40. The molecule has 0 heterocycles. The molecule has 0 aliphatic carbocycles. The minimum absolute atomic E-state index is 0.583. The van der Waals surface area contributed by atoms with Crippen molar-refractivity contribution in [3.63, 3.8) is 0 Å². The number of halogens is 15. The SMILES string of the molecule is C=CCN.O=S(=O)(O)C(F)(F)C(F)(F)C(F)(F)C(F)(F)C(F)(F)C(F)(F)C(F)(F)F. The lowest BCUT2D eigenvalue weighted by atomic mass is 9.94. The maximum atomic E-state index is 12.9. The van der Waals surface area contributed by atoms with Crippen molar-refractivity contribution in [2.75, 3.05) is 6.54 Å². The van der Waals surface area contributed by atoms with Crippen LogP contribution in [0.4, 0.5) is 65.9 Å². The zero-order valence-corrected chi connectivity index (χ0v) is 14.2. The van der Waals surface area contributed by atoms with Gasteiger partial charge in [-0.2, -0.15) is 74.3 Å². The molecule has 20 heteroatoms. The van der Waals surface area contributed by atoms with E-state index in [9.17, 15) is 74.3 Å². The Labute approximate surface area is 156 Å². The van der Waals surface area contributed by atoms with Crippen molar-refractivity contribution >= 4 is 10.1 Å². The second-order valence-corrected chi connectivity index (χ2v) is 6.35. The van der Waals surface area contributed by atoms with Crippen molar-refractivity contribution < 1.29 is 78.8 Å². The Hall–Kier alpha value is -1.44. The van der Waals surface area contributed by atoms with Gasteiger partial charge in [0, 0.05) is 6.54 Å². The Kier molecular flexibility index (Phi) is 8.45.